The molecule has 0 amide bonds. The second-order valence-electron chi connectivity index (χ2n) is 15.6. The molecule has 10 heteroatoms. The minimum atomic E-state index is -4.40. The minimum Gasteiger partial charge on any atom is -0.462 e. The lowest BCUT2D eigenvalue weighted by molar-refractivity contribution is -0.161. The van der Waals surface area contributed by atoms with Gasteiger partial charge in [0.1, 0.15) is 6.61 Å². The summed E-state index contributed by atoms with van der Waals surface area (Å²) in [6, 6.07) is 0. The van der Waals surface area contributed by atoms with Crippen LogP contribution in [0.5, 0.6) is 0 Å². The lowest BCUT2D eigenvalue weighted by atomic mass is 10.1. The number of hydrogen-bond acceptors (Lipinski definition) is 8. The van der Waals surface area contributed by atoms with Gasteiger partial charge in [-0.25, -0.2) is 4.57 Å². The van der Waals surface area contributed by atoms with Gasteiger partial charge in [-0.3, -0.25) is 18.6 Å². The van der Waals surface area contributed by atoms with E-state index in [1.807, 2.05) is 6.08 Å². The van der Waals surface area contributed by atoms with Gasteiger partial charge in [0.2, 0.25) is 0 Å². The maximum absolute atomic E-state index is 12.6. The second kappa shape index (κ2) is 45.2. The maximum Gasteiger partial charge on any atom is 0.472 e. The fourth-order valence-corrected chi connectivity index (χ4v) is 7.09. The van der Waals surface area contributed by atoms with Gasteiger partial charge in [0.05, 0.1) is 13.2 Å². The molecule has 0 saturated carbocycles. The van der Waals surface area contributed by atoms with E-state index in [9.17, 15) is 19.0 Å². The largest absolute Gasteiger partial charge is 0.472 e. The molecule has 1 unspecified atom stereocenters. The third-order valence-corrected chi connectivity index (χ3v) is 10.9. The number of allylic oxidation sites excluding steroid dienone is 10. The zero-order chi connectivity index (χ0) is 43.2. The summed E-state index contributed by atoms with van der Waals surface area (Å²) < 4.78 is 32.8. The highest BCUT2D eigenvalue weighted by molar-refractivity contribution is 7.47. The average molecular weight is 850 g/mol. The van der Waals surface area contributed by atoms with Gasteiger partial charge >= 0.3 is 19.8 Å². The fraction of sp³-hybridized carbons (Fsp3) is 0.755. The van der Waals surface area contributed by atoms with Crippen LogP contribution in [0.4, 0.5) is 0 Å². The van der Waals surface area contributed by atoms with Crippen LogP contribution in [0, 0.1) is 0 Å². The number of nitrogens with two attached hydrogens (primary N) is 1. The number of carbonyl (C=O) groups excluding carboxylic acids is 2. The molecule has 3 N–H and O–H groups in total. The summed E-state index contributed by atoms with van der Waals surface area (Å²) in [4.78, 5) is 34.9. The number of hydrogen-bond donors (Lipinski definition) is 2. The molecule has 0 aromatic rings. The molecule has 2 atom stereocenters. The molecule has 0 bridgehead atoms. The van der Waals surface area contributed by atoms with E-state index < -0.39 is 32.5 Å². The summed E-state index contributed by atoms with van der Waals surface area (Å²) in [5, 5.41) is 0. The van der Waals surface area contributed by atoms with Crippen LogP contribution in [0.3, 0.4) is 0 Å². The second-order valence-corrected chi connectivity index (χ2v) is 17.1. The molecule has 342 valence electrons. The van der Waals surface area contributed by atoms with Gasteiger partial charge in [0.25, 0.3) is 0 Å². The van der Waals surface area contributed by atoms with Gasteiger partial charge in [-0.1, -0.05) is 177 Å². The number of phosphoric acid groups is 1. The van der Waals surface area contributed by atoms with Crippen molar-refractivity contribution in [2.45, 2.75) is 213 Å². The molecular weight excluding hydrogens is 762 g/mol. The minimum absolute atomic E-state index is 0.0426. The first-order chi connectivity index (χ1) is 28.8. The Labute approximate surface area is 361 Å². The van der Waals surface area contributed by atoms with Gasteiger partial charge in [-0.15, -0.1) is 0 Å². The zero-order valence-electron chi connectivity index (χ0n) is 37.7. The van der Waals surface area contributed by atoms with Crippen LogP contribution < -0.4 is 5.73 Å². The van der Waals surface area contributed by atoms with E-state index >= 15 is 0 Å². The first-order valence-corrected chi connectivity index (χ1v) is 25.3. The lowest BCUT2D eigenvalue weighted by Gasteiger charge is -2.19. The van der Waals surface area contributed by atoms with Gasteiger partial charge in [-0.2, -0.15) is 0 Å². The standard InChI is InChI=1S/C49H88NO8P/c1-3-5-7-9-11-13-15-17-19-21-22-23-24-26-28-30-32-34-36-38-40-42-49(52)58-47(46-57-59(53,54)56-44-43-50)45-55-48(51)41-39-37-35-33-31-29-27-25-20-18-16-14-12-10-8-6-4-2/h14,16,19,21,23-24,28,30,34,36,47H,3-13,15,17-18,20,22,25-27,29,31-33,35,37-46,50H2,1-2H3,(H,53,54)/b16-14+,21-19+,24-23+,30-28+,36-34+/t47-/m1/s1. The molecule has 0 aliphatic rings. The van der Waals surface area contributed by atoms with Gasteiger partial charge in [0.15, 0.2) is 6.10 Å². The summed E-state index contributed by atoms with van der Waals surface area (Å²) in [6.07, 6.45) is 54.0. The van der Waals surface area contributed by atoms with Crippen molar-refractivity contribution >= 4 is 19.8 Å². The summed E-state index contributed by atoms with van der Waals surface area (Å²) in [5.41, 5.74) is 5.35. The molecule has 0 radical (unpaired) electrons. The molecule has 0 saturated heterocycles. The Kier molecular flexibility index (Phi) is 43.5. The van der Waals surface area contributed by atoms with Crippen molar-refractivity contribution in [3.05, 3.63) is 60.8 Å². The molecule has 9 nitrogen and oxygen atoms in total. The topological polar surface area (TPSA) is 134 Å². The Hall–Kier alpha value is -2.29. The molecule has 0 fully saturated rings. The van der Waals surface area contributed by atoms with E-state index in [-0.39, 0.29) is 32.6 Å². The third-order valence-electron chi connectivity index (χ3n) is 9.88. The number of carbonyl (C=O) groups is 2. The monoisotopic (exact) mass is 850 g/mol. The zero-order valence-corrected chi connectivity index (χ0v) is 38.6. The Morgan fingerprint density at radius 1 is 0.508 bits per heavy atom. The van der Waals surface area contributed by atoms with Crippen molar-refractivity contribution in [2.24, 2.45) is 5.73 Å². The normalized spacial score (nSPS) is 13.8. The summed E-state index contributed by atoms with van der Waals surface area (Å²) in [6.45, 7) is 3.66. The SMILES string of the molecule is CCCCCC/C=C/CCCCCCCCCCCC(=O)OC[C@H](COP(=O)(O)OCCN)OC(=O)CCC/C=C/C/C=C/C/C=C/C/C=C/CCCCCCCCC. The third kappa shape index (κ3) is 45.1. The predicted octanol–water partition coefficient (Wildman–Crippen LogP) is 14.1. The van der Waals surface area contributed by atoms with Gasteiger partial charge < -0.3 is 20.1 Å². The number of phosphoric ester groups is 1. The molecular formula is C49H88NO8P. The van der Waals surface area contributed by atoms with Crippen molar-refractivity contribution in [1.82, 2.24) is 0 Å². The van der Waals surface area contributed by atoms with E-state index in [0.717, 1.165) is 44.9 Å². The first kappa shape index (κ1) is 56.7. The van der Waals surface area contributed by atoms with Crippen molar-refractivity contribution < 1.29 is 37.6 Å². The van der Waals surface area contributed by atoms with E-state index in [4.69, 9.17) is 24.3 Å². The number of unbranched alkanes of at least 4 members (excludes halogenated alkanes) is 21. The van der Waals surface area contributed by atoms with Gasteiger partial charge in [-0.05, 0) is 77.0 Å². The molecule has 59 heavy (non-hydrogen) atoms. The molecule has 0 aromatic carbocycles. The predicted molar refractivity (Wildman–Crippen MR) is 247 cm³/mol. The van der Waals surface area contributed by atoms with Crippen LogP contribution in [0.25, 0.3) is 0 Å². The summed E-state index contributed by atoms with van der Waals surface area (Å²) in [5.74, 6) is -0.896. The van der Waals surface area contributed by atoms with Crippen LogP contribution in [0.15, 0.2) is 60.8 Å². The van der Waals surface area contributed by atoms with Crippen molar-refractivity contribution in [3.8, 4) is 0 Å². The lowest BCUT2D eigenvalue weighted by Crippen LogP contribution is -2.29. The quantitative estimate of drug-likeness (QED) is 0.0266. The Bertz CT molecular complexity index is 1150. The van der Waals surface area contributed by atoms with Crippen LogP contribution in [0.2, 0.25) is 0 Å². The fourth-order valence-electron chi connectivity index (χ4n) is 6.33. The van der Waals surface area contributed by atoms with Crippen molar-refractivity contribution in [1.29, 1.82) is 0 Å². The average Bonchev–Trinajstić information content (AvgIpc) is 3.22. The van der Waals surface area contributed by atoms with Crippen molar-refractivity contribution in [2.75, 3.05) is 26.4 Å². The summed E-state index contributed by atoms with van der Waals surface area (Å²) >= 11 is 0. The van der Waals surface area contributed by atoms with Crippen molar-refractivity contribution in [3.63, 3.8) is 0 Å². The Balaban J connectivity index is 4.21. The van der Waals surface area contributed by atoms with E-state index in [1.54, 1.807) is 0 Å². The van der Waals surface area contributed by atoms with Gasteiger partial charge in [0, 0.05) is 19.4 Å². The van der Waals surface area contributed by atoms with Crippen LogP contribution >= 0.6 is 7.82 Å². The van der Waals surface area contributed by atoms with Crippen LogP contribution in [-0.4, -0.2) is 49.3 Å². The Morgan fingerprint density at radius 3 is 1.39 bits per heavy atom. The maximum atomic E-state index is 12.6. The molecule has 0 aliphatic carbocycles. The van der Waals surface area contributed by atoms with E-state index in [2.05, 4.69) is 68.5 Å². The highest BCUT2D eigenvalue weighted by Gasteiger charge is 2.26. The van der Waals surface area contributed by atoms with Crippen LogP contribution in [0.1, 0.15) is 206 Å². The molecule has 0 heterocycles. The highest BCUT2D eigenvalue weighted by atomic mass is 31.2. The molecule has 0 spiro atoms. The molecule has 0 aliphatic heterocycles. The molecule has 0 aromatic heterocycles. The Morgan fingerprint density at radius 2 is 0.898 bits per heavy atom. The van der Waals surface area contributed by atoms with Crippen LogP contribution in [-0.2, 0) is 32.7 Å². The molecule has 0 rings (SSSR count). The van der Waals surface area contributed by atoms with E-state index in [1.165, 1.54) is 122 Å². The highest BCUT2D eigenvalue weighted by Crippen LogP contribution is 2.43. The van der Waals surface area contributed by atoms with E-state index in [0.29, 0.717) is 12.8 Å². The smallest absolute Gasteiger partial charge is 0.462 e. The number of rotatable bonds is 44. The number of esters is 2. The first-order valence-electron chi connectivity index (χ1n) is 23.8. The number of ether oxygens (including phenoxy) is 2. The summed E-state index contributed by atoms with van der Waals surface area (Å²) in [7, 11) is -4.40.